The van der Waals surface area contributed by atoms with E-state index in [0.717, 1.165) is 0 Å². The number of hydrogen-bond acceptors (Lipinski definition) is 3. The van der Waals surface area contributed by atoms with Crippen molar-refractivity contribution in [3.05, 3.63) is 17.3 Å². The molecule has 2 heterocycles. The van der Waals surface area contributed by atoms with Crippen molar-refractivity contribution in [1.29, 1.82) is 0 Å². The van der Waals surface area contributed by atoms with E-state index in [2.05, 4.69) is 4.98 Å². The average molecular weight is 213 g/mol. The molecule has 0 aliphatic carbocycles. The summed E-state index contributed by atoms with van der Waals surface area (Å²) in [5.41, 5.74) is 0. The monoisotopic (exact) mass is 212 g/mol. The number of aromatic nitrogens is 1. The number of pyridine rings is 1. The highest BCUT2D eigenvalue weighted by molar-refractivity contribution is 6.30. The first kappa shape index (κ1) is 9.27. The van der Waals surface area contributed by atoms with Crippen molar-refractivity contribution >= 4 is 23.3 Å². The normalized spacial score (nSPS) is 15.9. The minimum Gasteiger partial charge on any atom is -0.489 e. The van der Waals surface area contributed by atoms with Crippen molar-refractivity contribution in [2.45, 2.75) is 6.42 Å². The summed E-state index contributed by atoms with van der Waals surface area (Å²) in [5.74, 6) is 1.08. The number of anilines is 1. The Hall–Kier alpha value is -1.29. The average Bonchev–Trinajstić information content (AvgIpc) is 2.28. The van der Waals surface area contributed by atoms with Gasteiger partial charge in [-0.2, -0.15) is 0 Å². The Morgan fingerprint density at radius 3 is 3.21 bits per heavy atom. The van der Waals surface area contributed by atoms with Gasteiger partial charge in [0.15, 0.2) is 11.6 Å². The molecule has 1 aliphatic rings. The summed E-state index contributed by atoms with van der Waals surface area (Å²) in [6, 6.07) is 1.67. The van der Waals surface area contributed by atoms with Gasteiger partial charge in [-0.15, -0.1) is 0 Å². The third-order valence-corrected chi connectivity index (χ3v) is 2.27. The molecule has 0 radical (unpaired) electrons. The van der Waals surface area contributed by atoms with E-state index >= 15 is 0 Å². The number of nitrogens with zero attached hydrogens (tertiary/aromatic N) is 2. The quantitative estimate of drug-likeness (QED) is 0.654. The largest absolute Gasteiger partial charge is 0.489 e. The Kier molecular flexibility index (Phi) is 2.29. The van der Waals surface area contributed by atoms with Gasteiger partial charge in [-0.1, -0.05) is 11.6 Å². The smallest absolute Gasteiger partial charge is 0.231 e. The van der Waals surface area contributed by atoms with Crippen LogP contribution < -0.4 is 9.64 Å². The second-order valence-corrected chi connectivity index (χ2v) is 3.46. The number of amides is 1. The van der Waals surface area contributed by atoms with Gasteiger partial charge in [-0.3, -0.25) is 9.69 Å². The molecule has 0 unspecified atom stereocenters. The van der Waals surface area contributed by atoms with Crippen LogP contribution in [0.15, 0.2) is 12.3 Å². The van der Waals surface area contributed by atoms with Crippen LogP contribution in [0.1, 0.15) is 6.42 Å². The summed E-state index contributed by atoms with van der Waals surface area (Å²) in [7, 11) is 1.68. The third-order valence-electron chi connectivity index (χ3n) is 2.06. The molecule has 0 fully saturated rings. The van der Waals surface area contributed by atoms with Gasteiger partial charge in [-0.05, 0) is 0 Å². The van der Waals surface area contributed by atoms with Crippen LogP contribution in [0.4, 0.5) is 5.82 Å². The molecule has 5 heteroatoms. The van der Waals surface area contributed by atoms with E-state index in [-0.39, 0.29) is 5.91 Å². The fourth-order valence-corrected chi connectivity index (χ4v) is 1.45. The van der Waals surface area contributed by atoms with Crippen LogP contribution in [0, 0.1) is 0 Å². The molecule has 1 aromatic rings. The lowest BCUT2D eigenvalue weighted by molar-refractivity contribution is -0.118. The summed E-state index contributed by atoms with van der Waals surface area (Å²) in [5, 5.41) is 0.506. The molecule has 1 aromatic heterocycles. The summed E-state index contributed by atoms with van der Waals surface area (Å²) in [6.07, 6.45) is 1.86. The Labute approximate surface area is 86.4 Å². The summed E-state index contributed by atoms with van der Waals surface area (Å²) in [6.45, 7) is 0.373. The number of rotatable bonds is 0. The number of carbonyl (C=O) groups is 1. The first-order valence-electron chi connectivity index (χ1n) is 4.23. The Morgan fingerprint density at radius 1 is 1.64 bits per heavy atom. The number of hydrogen-bond donors (Lipinski definition) is 0. The molecule has 1 aliphatic heterocycles. The van der Waals surface area contributed by atoms with Crippen LogP contribution in [0.25, 0.3) is 0 Å². The first-order valence-corrected chi connectivity index (χ1v) is 4.61. The summed E-state index contributed by atoms with van der Waals surface area (Å²) in [4.78, 5) is 17.0. The van der Waals surface area contributed by atoms with Gasteiger partial charge in [0.25, 0.3) is 0 Å². The van der Waals surface area contributed by atoms with Crippen molar-refractivity contribution in [2.24, 2.45) is 0 Å². The van der Waals surface area contributed by atoms with E-state index in [4.69, 9.17) is 16.3 Å². The second kappa shape index (κ2) is 3.46. The van der Waals surface area contributed by atoms with Gasteiger partial charge in [-0.25, -0.2) is 4.98 Å². The van der Waals surface area contributed by atoms with Gasteiger partial charge in [0, 0.05) is 19.3 Å². The predicted molar refractivity (Wildman–Crippen MR) is 52.8 cm³/mol. The maximum absolute atomic E-state index is 11.4. The van der Waals surface area contributed by atoms with Gasteiger partial charge in [0.2, 0.25) is 5.91 Å². The number of fused-ring (bicyclic) bond motifs is 1. The van der Waals surface area contributed by atoms with Crippen molar-refractivity contribution in [2.75, 3.05) is 18.6 Å². The highest BCUT2D eigenvalue weighted by Gasteiger charge is 2.21. The SMILES string of the molecule is CN1C(=O)CCOc2cc(Cl)cnc21. The Bertz CT molecular complexity index is 381. The zero-order chi connectivity index (χ0) is 10.1. The molecule has 2 rings (SSSR count). The molecule has 0 saturated heterocycles. The molecule has 14 heavy (non-hydrogen) atoms. The maximum Gasteiger partial charge on any atom is 0.231 e. The zero-order valence-electron chi connectivity index (χ0n) is 7.66. The molecule has 0 atom stereocenters. The highest BCUT2D eigenvalue weighted by atomic mass is 35.5. The standard InChI is InChI=1S/C9H9ClN2O2/c1-12-8(13)2-3-14-7-4-6(10)5-11-9(7)12/h4-5H,2-3H2,1H3. The molecule has 0 aromatic carbocycles. The number of halogens is 1. The highest BCUT2D eigenvalue weighted by Crippen LogP contribution is 2.30. The van der Waals surface area contributed by atoms with Crippen LogP contribution in [0.3, 0.4) is 0 Å². The fraction of sp³-hybridized carbons (Fsp3) is 0.333. The predicted octanol–water partition coefficient (Wildman–Crippen LogP) is 1.48. The van der Waals surface area contributed by atoms with Gasteiger partial charge >= 0.3 is 0 Å². The number of ether oxygens (including phenoxy) is 1. The molecular formula is C9H9ClN2O2. The van der Waals surface area contributed by atoms with E-state index in [1.807, 2.05) is 0 Å². The van der Waals surface area contributed by atoms with Gasteiger partial charge in [0.1, 0.15) is 0 Å². The minimum atomic E-state index is -0.00132. The third kappa shape index (κ3) is 1.53. The molecule has 0 saturated carbocycles. The van der Waals surface area contributed by atoms with E-state index < -0.39 is 0 Å². The lowest BCUT2D eigenvalue weighted by atomic mass is 10.4. The first-order chi connectivity index (χ1) is 6.68. The Morgan fingerprint density at radius 2 is 2.43 bits per heavy atom. The van der Waals surface area contributed by atoms with Crippen molar-refractivity contribution in [3.8, 4) is 5.75 Å². The maximum atomic E-state index is 11.4. The topological polar surface area (TPSA) is 42.4 Å². The van der Waals surface area contributed by atoms with E-state index in [0.29, 0.717) is 29.6 Å². The lowest BCUT2D eigenvalue weighted by Gasteiger charge is -2.14. The van der Waals surface area contributed by atoms with Crippen LogP contribution in [-0.2, 0) is 4.79 Å². The van der Waals surface area contributed by atoms with Crippen LogP contribution >= 0.6 is 11.6 Å². The summed E-state index contributed by atoms with van der Waals surface area (Å²) < 4.78 is 5.36. The fourth-order valence-electron chi connectivity index (χ4n) is 1.31. The zero-order valence-corrected chi connectivity index (χ0v) is 8.41. The Balaban J connectivity index is 2.48. The van der Waals surface area contributed by atoms with Crippen molar-refractivity contribution < 1.29 is 9.53 Å². The molecule has 0 bridgehead atoms. The van der Waals surface area contributed by atoms with E-state index in [1.54, 1.807) is 13.1 Å². The summed E-state index contributed by atoms with van der Waals surface area (Å²) >= 11 is 5.77. The minimum absolute atomic E-state index is 0.00132. The lowest BCUT2D eigenvalue weighted by Crippen LogP contribution is -2.25. The van der Waals surface area contributed by atoms with Gasteiger partial charge < -0.3 is 4.74 Å². The van der Waals surface area contributed by atoms with Crippen LogP contribution in [0.5, 0.6) is 5.75 Å². The van der Waals surface area contributed by atoms with E-state index in [1.165, 1.54) is 11.1 Å². The van der Waals surface area contributed by atoms with Crippen molar-refractivity contribution in [3.63, 3.8) is 0 Å². The van der Waals surface area contributed by atoms with E-state index in [9.17, 15) is 4.79 Å². The molecule has 0 N–H and O–H groups in total. The molecular weight excluding hydrogens is 204 g/mol. The molecule has 0 spiro atoms. The van der Waals surface area contributed by atoms with Crippen LogP contribution in [0.2, 0.25) is 5.02 Å². The molecule has 1 amide bonds. The molecule has 74 valence electrons. The molecule has 4 nitrogen and oxygen atoms in total. The van der Waals surface area contributed by atoms with Crippen molar-refractivity contribution in [1.82, 2.24) is 4.98 Å². The number of carbonyl (C=O) groups excluding carboxylic acids is 1. The van der Waals surface area contributed by atoms with Gasteiger partial charge in [0.05, 0.1) is 18.1 Å². The second-order valence-electron chi connectivity index (χ2n) is 3.03. The van der Waals surface area contributed by atoms with Crippen LogP contribution in [-0.4, -0.2) is 24.5 Å².